The smallest absolute Gasteiger partial charge is 0.407 e. The molecule has 0 unspecified atom stereocenters. The minimum absolute atomic E-state index is 0.113. The van der Waals surface area contributed by atoms with E-state index in [0.29, 0.717) is 67.4 Å². The van der Waals surface area contributed by atoms with Gasteiger partial charge in [0.05, 0.1) is 5.39 Å². The number of aromatic amines is 1. The van der Waals surface area contributed by atoms with E-state index in [1.54, 1.807) is 11.0 Å². The van der Waals surface area contributed by atoms with Gasteiger partial charge in [-0.2, -0.15) is 0 Å². The Bertz CT molecular complexity index is 1530. The van der Waals surface area contributed by atoms with E-state index in [1.165, 1.54) is 14.0 Å². The quantitative estimate of drug-likeness (QED) is 0.243. The molecule has 1 aliphatic rings. The molecule has 0 saturated carbocycles. The number of carbonyl (C=O) groups excluding carboxylic acids is 3. The summed E-state index contributed by atoms with van der Waals surface area (Å²) in [5, 5.41) is 9.25. The molecule has 0 atom stereocenters. The molecule has 4 N–H and O–H groups in total. The van der Waals surface area contributed by atoms with Gasteiger partial charge in [0, 0.05) is 58.6 Å². The Kier molecular flexibility index (Phi) is 8.14. The number of fused-ring (bicyclic) bond motifs is 1. The number of likely N-dealkylation sites (tertiary alicyclic amines) is 1. The van der Waals surface area contributed by atoms with Gasteiger partial charge < -0.3 is 30.6 Å². The lowest BCUT2D eigenvalue weighted by atomic mass is 9.84. The first kappa shape index (κ1) is 27.6. The van der Waals surface area contributed by atoms with Gasteiger partial charge in [-0.15, -0.1) is 0 Å². The Morgan fingerprint density at radius 2 is 1.66 bits per heavy atom. The van der Waals surface area contributed by atoms with Gasteiger partial charge >= 0.3 is 6.09 Å². The zero-order valence-corrected chi connectivity index (χ0v) is 23.1. The van der Waals surface area contributed by atoms with Gasteiger partial charge in [0.2, 0.25) is 5.91 Å². The van der Waals surface area contributed by atoms with Gasteiger partial charge in [-0.05, 0) is 11.6 Å². The van der Waals surface area contributed by atoms with Crippen LogP contribution in [-0.4, -0.2) is 71.0 Å². The lowest BCUT2D eigenvalue weighted by Gasteiger charge is -2.41. The van der Waals surface area contributed by atoms with Crippen LogP contribution in [0.3, 0.4) is 0 Å². The van der Waals surface area contributed by atoms with Crippen molar-refractivity contribution in [2.45, 2.75) is 25.4 Å². The molecule has 41 heavy (non-hydrogen) atoms. The second kappa shape index (κ2) is 12.1. The lowest BCUT2D eigenvalue weighted by molar-refractivity contribution is -0.118. The van der Waals surface area contributed by atoms with Crippen molar-refractivity contribution in [3.05, 3.63) is 78.0 Å². The highest BCUT2D eigenvalue weighted by atomic mass is 16.6. The number of H-pyrrole nitrogens is 1. The Hall–Kier alpha value is -4.93. The summed E-state index contributed by atoms with van der Waals surface area (Å²) in [7, 11) is 1.53. The predicted octanol–water partition coefficient (Wildman–Crippen LogP) is 3.66. The monoisotopic (exact) mass is 555 g/mol. The fourth-order valence-corrected chi connectivity index (χ4v) is 5.06. The second-order valence-electron chi connectivity index (χ2n) is 9.91. The van der Waals surface area contributed by atoms with Gasteiger partial charge in [0.1, 0.15) is 22.8 Å². The third kappa shape index (κ3) is 6.13. The molecule has 212 valence electrons. The third-order valence-electron chi connectivity index (χ3n) is 7.19. The number of aromatic nitrogens is 3. The first-order valence-corrected chi connectivity index (χ1v) is 13.6. The normalized spacial score (nSPS) is 14.3. The van der Waals surface area contributed by atoms with E-state index in [1.807, 2.05) is 60.7 Å². The highest BCUT2D eigenvalue weighted by Gasteiger charge is 2.41. The van der Waals surface area contributed by atoms with Crippen LogP contribution in [0.25, 0.3) is 22.4 Å². The Balaban J connectivity index is 1.39. The van der Waals surface area contributed by atoms with Crippen LogP contribution in [0.5, 0.6) is 0 Å². The molecule has 0 aliphatic carbocycles. The SMILES string of the molecule is CNC(=O)OC1(c2ccccc2)CCN(C(=O)c2cc3c(NCCNC(C)=O)nc(-c4ccccc4)nc3[nH]2)CC1. The molecule has 3 amide bonds. The summed E-state index contributed by atoms with van der Waals surface area (Å²) < 4.78 is 5.88. The van der Waals surface area contributed by atoms with Gasteiger partial charge in [-0.25, -0.2) is 14.8 Å². The van der Waals surface area contributed by atoms with Crippen molar-refractivity contribution in [2.75, 3.05) is 38.5 Å². The van der Waals surface area contributed by atoms with E-state index in [0.717, 1.165) is 11.1 Å². The minimum atomic E-state index is -0.820. The number of amides is 3. The van der Waals surface area contributed by atoms with Gasteiger partial charge in [0.15, 0.2) is 5.82 Å². The molecule has 1 fully saturated rings. The molecule has 0 radical (unpaired) electrons. The van der Waals surface area contributed by atoms with Crippen LogP contribution in [0.2, 0.25) is 0 Å². The van der Waals surface area contributed by atoms with Crippen LogP contribution in [0.1, 0.15) is 35.8 Å². The van der Waals surface area contributed by atoms with Crippen molar-refractivity contribution in [1.82, 2.24) is 30.5 Å². The van der Waals surface area contributed by atoms with Crippen LogP contribution in [0.15, 0.2) is 66.7 Å². The van der Waals surface area contributed by atoms with Crippen molar-refractivity contribution in [3.63, 3.8) is 0 Å². The molecule has 0 bridgehead atoms. The number of hydrogen-bond acceptors (Lipinski definition) is 7. The van der Waals surface area contributed by atoms with Crippen LogP contribution < -0.4 is 16.0 Å². The van der Waals surface area contributed by atoms with E-state index in [4.69, 9.17) is 14.7 Å². The lowest BCUT2D eigenvalue weighted by Crippen LogP contribution is -2.48. The predicted molar refractivity (Wildman–Crippen MR) is 155 cm³/mol. The maximum Gasteiger partial charge on any atom is 0.407 e. The maximum atomic E-state index is 13.7. The first-order valence-electron chi connectivity index (χ1n) is 13.6. The summed E-state index contributed by atoms with van der Waals surface area (Å²) in [4.78, 5) is 51.6. The molecule has 2 aromatic heterocycles. The van der Waals surface area contributed by atoms with E-state index in [2.05, 4.69) is 20.9 Å². The number of benzene rings is 2. The van der Waals surface area contributed by atoms with Crippen molar-refractivity contribution in [1.29, 1.82) is 0 Å². The minimum Gasteiger partial charge on any atom is -0.438 e. The van der Waals surface area contributed by atoms with Gasteiger partial charge in [-0.1, -0.05) is 60.7 Å². The summed E-state index contributed by atoms with van der Waals surface area (Å²) in [6.45, 7) is 3.15. The van der Waals surface area contributed by atoms with Crippen LogP contribution in [0.4, 0.5) is 10.6 Å². The van der Waals surface area contributed by atoms with E-state index in [-0.39, 0.29) is 11.8 Å². The number of hydrogen-bond donors (Lipinski definition) is 4. The van der Waals surface area contributed by atoms with Gasteiger partial charge in [-0.3, -0.25) is 9.59 Å². The molecule has 2 aromatic carbocycles. The van der Waals surface area contributed by atoms with Crippen molar-refractivity contribution < 1.29 is 19.1 Å². The van der Waals surface area contributed by atoms with E-state index in [9.17, 15) is 14.4 Å². The van der Waals surface area contributed by atoms with Crippen LogP contribution in [0, 0.1) is 0 Å². The molecule has 11 nitrogen and oxygen atoms in total. The Labute approximate surface area is 237 Å². The van der Waals surface area contributed by atoms with Gasteiger partial charge in [0.25, 0.3) is 5.91 Å². The topological polar surface area (TPSA) is 141 Å². The average molecular weight is 556 g/mol. The molecule has 3 heterocycles. The Morgan fingerprint density at radius 3 is 2.32 bits per heavy atom. The van der Waals surface area contributed by atoms with E-state index < -0.39 is 11.7 Å². The highest BCUT2D eigenvalue weighted by Crippen LogP contribution is 2.37. The molecule has 1 aliphatic heterocycles. The molecular weight excluding hydrogens is 522 g/mol. The third-order valence-corrected chi connectivity index (χ3v) is 7.19. The summed E-state index contributed by atoms with van der Waals surface area (Å²) in [5.74, 6) is 0.793. The molecule has 4 aromatic rings. The average Bonchev–Trinajstić information content (AvgIpc) is 3.44. The van der Waals surface area contributed by atoms with Crippen molar-refractivity contribution in [2.24, 2.45) is 0 Å². The molecule has 0 spiro atoms. The van der Waals surface area contributed by atoms with Crippen LogP contribution >= 0.6 is 0 Å². The van der Waals surface area contributed by atoms with Crippen molar-refractivity contribution in [3.8, 4) is 11.4 Å². The molecule has 1 saturated heterocycles. The second-order valence-corrected chi connectivity index (χ2v) is 9.91. The summed E-state index contributed by atoms with van der Waals surface area (Å²) >= 11 is 0. The summed E-state index contributed by atoms with van der Waals surface area (Å²) in [6.07, 6.45) is 0.421. The fourth-order valence-electron chi connectivity index (χ4n) is 5.06. The van der Waals surface area contributed by atoms with Crippen LogP contribution in [-0.2, 0) is 15.1 Å². The Morgan fingerprint density at radius 1 is 0.976 bits per heavy atom. The number of alkyl carbamates (subject to hydrolysis) is 1. The molecule has 5 rings (SSSR count). The molecule has 11 heteroatoms. The van der Waals surface area contributed by atoms with Crippen molar-refractivity contribution >= 4 is 34.8 Å². The number of nitrogens with one attached hydrogen (secondary N) is 4. The zero-order chi connectivity index (χ0) is 28.8. The number of ether oxygens (including phenoxy) is 1. The van der Waals surface area contributed by atoms with E-state index >= 15 is 0 Å². The highest BCUT2D eigenvalue weighted by molar-refractivity contribution is 6.00. The standard InChI is InChI=1S/C30H33N7O4/c1-20(38)32-15-16-33-26-23-19-24(34-27(23)36-25(35-26)21-9-5-3-6-10-21)28(39)37-17-13-30(14-18-37,41-29(40)31-2)22-11-7-4-8-12-22/h3-12,19H,13-18H2,1-2H3,(H,31,40)(H,32,38)(H2,33,34,35,36). The summed E-state index contributed by atoms with van der Waals surface area (Å²) in [6, 6.07) is 21.0. The number of anilines is 1. The largest absolute Gasteiger partial charge is 0.438 e. The number of carbonyl (C=O) groups is 3. The zero-order valence-electron chi connectivity index (χ0n) is 23.1. The number of rotatable bonds is 8. The number of nitrogens with zero attached hydrogens (tertiary/aromatic N) is 3. The molecular formula is C30H33N7O4. The maximum absolute atomic E-state index is 13.7. The number of piperidine rings is 1. The summed E-state index contributed by atoms with van der Waals surface area (Å²) in [5.41, 5.74) is 1.84. The first-order chi connectivity index (χ1) is 19.9. The fraction of sp³-hybridized carbons (Fsp3) is 0.300.